The van der Waals surface area contributed by atoms with Crippen molar-refractivity contribution >= 4 is 17.3 Å². The molecule has 0 bridgehead atoms. The molecule has 1 aromatic rings. The molecular weight excluding hydrogens is 226 g/mol. The van der Waals surface area contributed by atoms with Crippen LogP contribution in [0.1, 0.15) is 20.8 Å². The number of nitriles is 1. The van der Waals surface area contributed by atoms with Crippen LogP contribution in [0.25, 0.3) is 0 Å². The highest BCUT2D eigenvalue weighted by molar-refractivity contribution is 6.15. The van der Waals surface area contributed by atoms with Crippen molar-refractivity contribution in [3.8, 4) is 6.07 Å². The van der Waals surface area contributed by atoms with E-state index >= 15 is 0 Å². The lowest BCUT2D eigenvalue weighted by Gasteiger charge is -2.23. The molecular formula is C14H15N3O. The molecule has 92 valence electrons. The second kappa shape index (κ2) is 4.26. The summed E-state index contributed by atoms with van der Waals surface area (Å²) in [4.78, 5) is 12.4. The lowest BCUT2D eigenvalue weighted by Crippen LogP contribution is -2.36. The van der Waals surface area contributed by atoms with Gasteiger partial charge in [0.05, 0.1) is 28.8 Å². The first-order valence-corrected chi connectivity index (χ1v) is 5.83. The Morgan fingerprint density at radius 3 is 2.50 bits per heavy atom. The number of hydrazone groups is 1. The van der Waals surface area contributed by atoms with Gasteiger partial charge in [0.25, 0.3) is 5.91 Å². The molecule has 0 fully saturated rings. The zero-order valence-corrected chi connectivity index (χ0v) is 10.7. The molecule has 1 aromatic carbocycles. The van der Waals surface area contributed by atoms with E-state index in [4.69, 9.17) is 0 Å². The van der Waals surface area contributed by atoms with Crippen LogP contribution in [-0.4, -0.2) is 11.6 Å². The van der Waals surface area contributed by atoms with E-state index in [1.165, 1.54) is 5.01 Å². The van der Waals surface area contributed by atoms with Crippen LogP contribution in [0, 0.1) is 22.7 Å². The Balaban J connectivity index is 2.37. The molecule has 1 heterocycles. The molecule has 4 heteroatoms. The first-order chi connectivity index (χ1) is 8.47. The Bertz CT molecular complexity index is 540. The lowest BCUT2D eigenvalue weighted by atomic mass is 9.77. The van der Waals surface area contributed by atoms with Gasteiger partial charge in [-0.1, -0.05) is 18.2 Å². The molecule has 1 amide bonds. The number of anilines is 1. The van der Waals surface area contributed by atoms with Crippen LogP contribution in [0.2, 0.25) is 0 Å². The second-order valence-corrected chi connectivity index (χ2v) is 4.99. The zero-order chi connectivity index (χ0) is 13.3. The number of carbonyl (C=O) groups excluding carboxylic acids is 1. The summed E-state index contributed by atoms with van der Waals surface area (Å²) in [5.74, 6) is -0.604. The number of benzene rings is 1. The van der Waals surface area contributed by atoms with Crippen molar-refractivity contribution in [1.29, 1.82) is 5.26 Å². The van der Waals surface area contributed by atoms with E-state index in [0.717, 1.165) is 5.69 Å². The molecule has 1 unspecified atom stereocenters. The normalized spacial score (nSPS) is 19.7. The topological polar surface area (TPSA) is 56.5 Å². The molecule has 2 rings (SSSR count). The van der Waals surface area contributed by atoms with E-state index in [0.29, 0.717) is 5.71 Å². The van der Waals surface area contributed by atoms with E-state index in [1.807, 2.05) is 30.3 Å². The van der Waals surface area contributed by atoms with Crippen molar-refractivity contribution in [3.63, 3.8) is 0 Å². The third-order valence-electron chi connectivity index (χ3n) is 3.14. The summed E-state index contributed by atoms with van der Waals surface area (Å²) in [6, 6.07) is 11.4. The van der Waals surface area contributed by atoms with Crippen LogP contribution < -0.4 is 5.01 Å². The molecule has 0 saturated carbocycles. The van der Waals surface area contributed by atoms with Crippen LogP contribution in [0.15, 0.2) is 35.4 Å². The molecule has 1 aliphatic rings. The van der Waals surface area contributed by atoms with Crippen LogP contribution >= 0.6 is 0 Å². The number of hydrogen-bond donors (Lipinski definition) is 0. The maximum Gasteiger partial charge on any atom is 0.257 e. The number of para-hydroxylation sites is 1. The van der Waals surface area contributed by atoms with Gasteiger partial charge in [-0.3, -0.25) is 4.79 Å². The van der Waals surface area contributed by atoms with Crippen LogP contribution in [0.5, 0.6) is 0 Å². The predicted octanol–water partition coefficient (Wildman–Crippen LogP) is 2.58. The highest BCUT2D eigenvalue weighted by atomic mass is 16.2. The largest absolute Gasteiger partial charge is 0.272 e. The van der Waals surface area contributed by atoms with Gasteiger partial charge < -0.3 is 0 Å². The average molecular weight is 241 g/mol. The van der Waals surface area contributed by atoms with E-state index in [1.54, 1.807) is 20.8 Å². The van der Waals surface area contributed by atoms with Gasteiger partial charge in [0.1, 0.15) is 0 Å². The number of amides is 1. The van der Waals surface area contributed by atoms with Crippen LogP contribution in [0.4, 0.5) is 5.69 Å². The predicted molar refractivity (Wildman–Crippen MR) is 69.9 cm³/mol. The van der Waals surface area contributed by atoms with E-state index in [2.05, 4.69) is 11.2 Å². The van der Waals surface area contributed by atoms with Crippen molar-refractivity contribution in [1.82, 2.24) is 0 Å². The van der Waals surface area contributed by atoms with Crippen molar-refractivity contribution in [3.05, 3.63) is 30.3 Å². The average Bonchev–Trinajstić information content (AvgIpc) is 2.66. The van der Waals surface area contributed by atoms with Crippen LogP contribution in [-0.2, 0) is 4.79 Å². The summed E-state index contributed by atoms with van der Waals surface area (Å²) in [5.41, 5.74) is 0.683. The SMILES string of the molecule is CC1=NN(c2ccccc2)C(=O)C1C(C)(C)C#N. The molecule has 0 aliphatic carbocycles. The molecule has 0 spiro atoms. The summed E-state index contributed by atoms with van der Waals surface area (Å²) in [7, 11) is 0. The highest BCUT2D eigenvalue weighted by Crippen LogP contribution is 2.34. The summed E-state index contributed by atoms with van der Waals surface area (Å²) >= 11 is 0. The number of nitrogens with zero attached hydrogens (tertiary/aromatic N) is 3. The van der Waals surface area contributed by atoms with E-state index in [9.17, 15) is 10.1 Å². The molecule has 1 aliphatic heterocycles. The fourth-order valence-electron chi connectivity index (χ4n) is 2.22. The summed E-state index contributed by atoms with van der Waals surface area (Å²) in [6.07, 6.45) is 0. The second-order valence-electron chi connectivity index (χ2n) is 4.99. The summed E-state index contributed by atoms with van der Waals surface area (Å²) in [6.45, 7) is 5.33. The Morgan fingerprint density at radius 1 is 1.33 bits per heavy atom. The minimum Gasteiger partial charge on any atom is -0.272 e. The maximum atomic E-state index is 12.4. The highest BCUT2D eigenvalue weighted by Gasteiger charge is 2.44. The van der Waals surface area contributed by atoms with E-state index in [-0.39, 0.29) is 5.91 Å². The first-order valence-electron chi connectivity index (χ1n) is 5.83. The standard InChI is InChI=1S/C14H15N3O/c1-10-12(14(2,3)9-15)13(18)17(16-10)11-7-5-4-6-8-11/h4-8,12H,1-3H3. The lowest BCUT2D eigenvalue weighted by molar-refractivity contribution is -0.121. The number of hydrogen-bond acceptors (Lipinski definition) is 3. The van der Waals surface area contributed by atoms with Gasteiger partial charge in [-0.15, -0.1) is 0 Å². The van der Waals surface area contributed by atoms with Gasteiger partial charge in [-0.2, -0.15) is 10.4 Å². The third-order valence-corrected chi connectivity index (χ3v) is 3.14. The quantitative estimate of drug-likeness (QED) is 0.799. The Morgan fingerprint density at radius 2 is 1.94 bits per heavy atom. The maximum absolute atomic E-state index is 12.4. The fraction of sp³-hybridized carbons (Fsp3) is 0.357. The van der Waals surface area contributed by atoms with Gasteiger partial charge >= 0.3 is 0 Å². The van der Waals surface area contributed by atoms with Crippen molar-refractivity contribution < 1.29 is 4.79 Å². The van der Waals surface area contributed by atoms with Crippen molar-refractivity contribution in [2.45, 2.75) is 20.8 Å². The first kappa shape index (κ1) is 12.3. The molecule has 1 atom stereocenters. The Labute approximate surface area is 107 Å². The molecule has 0 radical (unpaired) electrons. The molecule has 0 N–H and O–H groups in total. The molecule has 4 nitrogen and oxygen atoms in total. The fourth-order valence-corrected chi connectivity index (χ4v) is 2.22. The van der Waals surface area contributed by atoms with Crippen molar-refractivity contribution in [2.75, 3.05) is 5.01 Å². The molecule has 0 saturated heterocycles. The van der Waals surface area contributed by atoms with E-state index < -0.39 is 11.3 Å². The van der Waals surface area contributed by atoms with Gasteiger partial charge in [-0.05, 0) is 32.9 Å². The van der Waals surface area contributed by atoms with Gasteiger partial charge in [0.15, 0.2) is 0 Å². The van der Waals surface area contributed by atoms with Gasteiger partial charge in [0.2, 0.25) is 0 Å². The monoisotopic (exact) mass is 241 g/mol. The summed E-state index contributed by atoms with van der Waals surface area (Å²) < 4.78 is 0. The molecule has 18 heavy (non-hydrogen) atoms. The van der Waals surface area contributed by atoms with Crippen LogP contribution in [0.3, 0.4) is 0 Å². The minimum atomic E-state index is -0.742. The number of rotatable bonds is 2. The minimum absolute atomic E-state index is 0.134. The third kappa shape index (κ3) is 1.88. The van der Waals surface area contributed by atoms with Gasteiger partial charge in [0, 0.05) is 0 Å². The molecule has 0 aromatic heterocycles. The zero-order valence-electron chi connectivity index (χ0n) is 10.7. The van der Waals surface area contributed by atoms with Gasteiger partial charge in [-0.25, -0.2) is 5.01 Å². The Hall–Kier alpha value is -2.15. The smallest absolute Gasteiger partial charge is 0.257 e. The number of carbonyl (C=O) groups is 1. The Kier molecular flexibility index (Phi) is 2.92. The van der Waals surface area contributed by atoms with Crippen molar-refractivity contribution in [2.24, 2.45) is 16.4 Å². The summed E-state index contributed by atoms with van der Waals surface area (Å²) in [5, 5.41) is 14.8.